The van der Waals surface area contributed by atoms with Gasteiger partial charge in [0, 0.05) is 5.02 Å². The fourth-order valence-corrected chi connectivity index (χ4v) is 4.61. The van der Waals surface area contributed by atoms with Gasteiger partial charge in [-0.25, -0.2) is 4.39 Å². The highest BCUT2D eigenvalue weighted by Gasteiger charge is 2.39. The molecule has 2 amide bonds. The van der Waals surface area contributed by atoms with Gasteiger partial charge in [-0.15, -0.1) is 0 Å². The van der Waals surface area contributed by atoms with Gasteiger partial charge in [0.2, 0.25) is 5.91 Å². The van der Waals surface area contributed by atoms with Crippen molar-refractivity contribution in [3.8, 4) is 11.5 Å². The van der Waals surface area contributed by atoms with Crippen molar-refractivity contribution in [2.45, 2.75) is 24.8 Å². The summed E-state index contributed by atoms with van der Waals surface area (Å²) in [4.78, 5) is 26.5. The number of hydrogen-bond donors (Lipinski definition) is 0. The number of amides is 2. The minimum Gasteiger partial charge on any atom is -0.493 e. The van der Waals surface area contributed by atoms with Crippen molar-refractivity contribution in [2.24, 2.45) is 0 Å². The Labute approximate surface area is 200 Å². The van der Waals surface area contributed by atoms with Crippen LogP contribution in [0.25, 0.3) is 0 Å². The molecule has 4 rings (SSSR count). The summed E-state index contributed by atoms with van der Waals surface area (Å²) < 4.78 is 24.5. The van der Waals surface area contributed by atoms with Crippen molar-refractivity contribution in [1.82, 2.24) is 4.90 Å². The predicted octanol–water partition coefficient (Wildman–Crippen LogP) is 5.87. The summed E-state index contributed by atoms with van der Waals surface area (Å²) in [7, 11) is 1.55. The first-order chi connectivity index (χ1) is 15.9. The lowest BCUT2D eigenvalue weighted by Crippen LogP contribution is -2.31. The lowest BCUT2D eigenvalue weighted by atomic mass is 10.1. The number of thioether (sulfide) groups is 1. The van der Waals surface area contributed by atoms with Crippen LogP contribution in [0.3, 0.4) is 0 Å². The van der Waals surface area contributed by atoms with Gasteiger partial charge >= 0.3 is 0 Å². The number of methoxy groups -OCH3 is 1. The van der Waals surface area contributed by atoms with Crippen LogP contribution >= 0.6 is 23.4 Å². The van der Waals surface area contributed by atoms with Crippen LogP contribution in [-0.4, -0.2) is 28.4 Å². The molecule has 1 saturated heterocycles. The number of imide groups is 1. The zero-order valence-corrected chi connectivity index (χ0v) is 19.4. The van der Waals surface area contributed by atoms with E-state index in [1.165, 1.54) is 17.0 Å². The lowest BCUT2D eigenvalue weighted by molar-refractivity contribution is -0.127. The number of benzene rings is 3. The third-order valence-corrected chi connectivity index (χ3v) is 6.54. The Morgan fingerprint density at radius 2 is 1.61 bits per heavy atom. The number of ether oxygens (including phenoxy) is 2. The Morgan fingerprint density at radius 1 is 0.939 bits per heavy atom. The number of rotatable bonds is 8. The Bertz CT molecular complexity index is 1150. The molecule has 1 heterocycles. The van der Waals surface area contributed by atoms with E-state index in [0.29, 0.717) is 35.1 Å². The van der Waals surface area contributed by atoms with Crippen molar-refractivity contribution < 1.29 is 23.5 Å². The Balaban J connectivity index is 1.40. The summed E-state index contributed by atoms with van der Waals surface area (Å²) in [5.74, 6) is 0.512. The minimum atomic E-state index is -0.525. The quantitative estimate of drug-likeness (QED) is 0.399. The fraction of sp³-hybridized carbons (Fsp3) is 0.200. The summed E-state index contributed by atoms with van der Waals surface area (Å²) >= 11 is 6.92. The molecule has 1 aliphatic rings. The number of nitrogens with zero attached hydrogens (tertiary/aromatic N) is 1. The van der Waals surface area contributed by atoms with Crippen molar-refractivity contribution in [3.63, 3.8) is 0 Å². The van der Waals surface area contributed by atoms with Crippen molar-refractivity contribution >= 4 is 34.5 Å². The van der Waals surface area contributed by atoms with Gasteiger partial charge in [-0.1, -0.05) is 53.7 Å². The fourth-order valence-electron chi connectivity index (χ4n) is 3.46. The molecule has 33 heavy (non-hydrogen) atoms. The molecule has 0 bridgehead atoms. The van der Waals surface area contributed by atoms with Gasteiger partial charge in [0.15, 0.2) is 11.5 Å². The van der Waals surface area contributed by atoms with Crippen LogP contribution in [-0.2, 0) is 24.4 Å². The highest BCUT2D eigenvalue weighted by atomic mass is 35.5. The topological polar surface area (TPSA) is 55.8 Å². The molecule has 0 saturated carbocycles. The Morgan fingerprint density at radius 3 is 2.30 bits per heavy atom. The molecule has 8 heteroatoms. The van der Waals surface area contributed by atoms with Gasteiger partial charge in [-0.05, 0) is 59.5 Å². The Hall–Kier alpha value is -3.03. The molecule has 1 atom stereocenters. The summed E-state index contributed by atoms with van der Waals surface area (Å²) in [6.45, 7) is 0.485. The summed E-state index contributed by atoms with van der Waals surface area (Å²) in [5.41, 5.74) is 2.52. The van der Waals surface area contributed by atoms with Gasteiger partial charge in [0.1, 0.15) is 12.4 Å². The molecule has 0 spiro atoms. The zero-order chi connectivity index (χ0) is 23.4. The van der Waals surface area contributed by atoms with Gasteiger partial charge in [-0.3, -0.25) is 14.5 Å². The molecule has 0 radical (unpaired) electrons. The third kappa shape index (κ3) is 5.67. The van der Waals surface area contributed by atoms with Crippen molar-refractivity contribution in [3.05, 3.63) is 94.3 Å². The molecule has 0 N–H and O–H groups in total. The van der Waals surface area contributed by atoms with Crippen LogP contribution in [0, 0.1) is 5.82 Å². The van der Waals surface area contributed by atoms with Crippen LogP contribution in [0.2, 0.25) is 5.02 Å². The van der Waals surface area contributed by atoms with Crippen LogP contribution in [0.4, 0.5) is 9.18 Å². The minimum absolute atomic E-state index is 0.127. The second kappa shape index (κ2) is 10.3. The normalized spacial score (nSPS) is 15.7. The highest BCUT2D eigenvalue weighted by molar-refractivity contribution is 8.15. The van der Waals surface area contributed by atoms with E-state index in [1.54, 1.807) is 37.4 Å². The first-order valence-corrected chi connectivity index (χ1v) is 11.5. The molecule has 0 unspecified atom stereocenters. The zero-order valence-electron chi connectivity index (χ0n) is 17.8. The summed E-state index contributed by atoms with van der Waals surface area (Å²) in [5, 5.41) is -0.164. The monoisotopic (exact) mass is 485 g/mol. The number of hydrogen-bond acceptors (Lipinski definition) is 5. The predicted molar refractivity (Wildman–Crippen MR) is 126 cm³/mol. The lowest BCUT2D eigenvalue weighted by Gasteiger charge is -2.15. The van der Waals surface area contributed by atoms with Gasteiger partial charge in [0.05, 0.1) is 18.9 Å². The van der Waals surface area contributed by atoms with E-state index < -0.39 is 5.25 Å². The van der Waals surface area contributed by atoms with Crippen LogP contribution < -0.4 is 9.47 Å². The third-order valence-electron chi connectivity index (χ3n) is 5.22. The Kier molecular flexibility index (Phi) is 7.20. The van der Waals surface area contributed by atoms with Crippen molar-refractivity contribution in [2.75, 3.05) is 7.11 Å². The van der Waals surface area contributed by atoms with Crippen LogP contribution in [0.1, 0.15) is 16.7 Å². The molecular formula is C25H21ClFNO4S. The molecule has 0 aromatic heterocycles. The van der Waals surface area contributed by atoms with Gasteiger partial charge < -0.3 is 9.47 Å². The van der Waals surface area contributed by atoms with Crippen LogP contribution in [0.15, 0.2) is 66.7 Å². The molecular weight excluding hydrogens is 465 g/mol. The van der Waals surface area contributed by atoms with E-state index in [4.69, 9.17) is 21.1 Å². The molecule has 0 aliphatic carbocycles. The molecule has 1 aliphatic heterocycles. The summed E-state index contributed by atoms with van der Waals surface area (Å²) in [6.07, 6.45) is 0.378. The van der Waals surface area contributed by atoms with Gasteiger partial charge in [-0.2, -0.15) is 0 Å². The maximum absolute atomic E-state index is 13.1. The molecule has 170 valence electrons. The van der Waals surface area contributed by atoms with E-state index >= 15 is 0 Å². The molecule has 3 aromatic rings. The maximum atomic E-state index is 13.1. The average Bonchev–Trinajstić information content (AvgIpc) is 3.07. The molecule has 3 aromatic carbocycles. The van der Waals surface area contributed by atoms with E-state index in [0.717, 1.165) is 22.9 Å². The van der Waals surface area contributed by atoms with E-state index in [-0.39, 0.29) is 23.5 Å². The van der Waals surface area contributed by atoms with Crippen LogP contribution in [0.5, 0.6) is 11.5 Å². The van der Waals surface area contributed by atoms with E-state index in [1.807, 2.05) is 24.3 Å². The largest absolute Gasteiger partial charge is 0.493 e. The average molecular weight is 486 g/mol. The first-order valence-electron chi connectivity index (χ1n) is 10.2. The SMILES string of the molecule is COc1cc(C[C@H]2SC(=O)N(Cc3ccc(F)cc3)C2=O)ccc1OCc1ccc(Cl)cc1. The molecule has 5 nitrogen and oxygen atoms in total. The second-order valence-corrected chi connectivity index (χ2v) is 9.12. The summed E-state index contributed by atoms with van der Waals surface area (Å²) in [6, 6.07) is 18.6. The first kappa shape index (κ1) is 23.1. The molecule has 1 fully saturated rings. The second-order valence-electron chi connectivity index (χ2n) is 7.53. The maximum Gasteiger partial charge on any atom is 0.289 e. The standard InChI is InChI=1S/C25H21ClFNO4S/c1-31-22-12-18(6-11-21(22)32-15-17-2-7-19(26)8-3-17)13-23-24(29)28(25(30)33-23)14-16-4-9-20(27)10-5-16/h2-12,23H,13-15H2,1H3/t23-/m1/s1. The smallest absolute Gasteiger partial charge is 0.289 e. The number of carbonyl (C=O) groups excluding carboxylic acids is 2. The number of carbonyl (C=O) groups is 2. The van der Waals surface area contributed by atoms with Gasteiger partial charge in [0.25, 0.3) is 5.24 Å². The van der Waals surface area contributed by atoms with E-state index in [9.17, 15) is 14.0 Å². The van der Waals surface area contributed by atoms with E-state index in [2.05, 4.69) is 0 Å². The number of halogens is 2. The highest BCUT2D eigenvalue weighted by Crippen LogP contribution is 2.34. The van der Waals surface area contributed by atoms with Crippen molar-refractivity contribution in [1.29, 1.82) is 0 Å².